The van der Waals surface area contributed by atoms with Gasteiger partial charge in [0.1, 0.15) is 0 Å². The van der Waals surface area contributed by atoms with Crippen LogP contribution in [-0.4, -0.2) is 12.5 Å². The summed E-state index contributed by atoms with van der Waals surface area (Å²) in [5.41, 5.74) is 0. The molecule has 1 unspecified atom stereocenters. The normalized spacial score (nSPS) is 12.5. The summed E-state index contributed by atoms with van der Waals surface area (Å²) in [6.45, 7) is 4.37. The first-order valence-corrected chi connectivity index (χ1v) is 5.54. The van der Waals surface area contributed by atoms with Crippen molar-refractivity contribution in [2.24, 2.45) is 0 Å². The van der Waals surface area contributed by atoms with Gasteiger partial charge >= 0.3 is 0 Å². The molecule has 0 bridgehead atoms. The number of carbonyl (C=O) groups is 1. The van der Waals surface area contributed by atoms with E-state index in [2.05, 4.69) is 19.2 Å². The number of nitrogens with one attached hydrogen (secondary N) is 1. The topological polar surface area (TPSA) is 29.1 Å². The highest BCUT2D eigenvalue weighted by atomic mass is 16.1. The van der Waals surface area contributed by atoms with Crippen LogP contribution in [0.2, 0.25) is 0 Å². The van der Waals surface area contributed by atoms with Crippen LogP contribution in [0.1, 0.15) is 58.8 Å². The zero-order valence-corrected chi connectivity index (χ0v) is 9.01. The maximum atomic E-state index is 10.3. The molecular weight excluding hydrogens is 162 g/mol. The minimum absolute atomic E-state index is 0.416. The molecule has 0 aliphatic carbocycles. The summed E-state index contributed by atoms with van der Waals surface area (Å²) in [4.78, 5) is 10.3. The first-order valence-electron chi connectivity index (χ1n) is 5.54. The summed E-state index contributed by atoms with van der Waals surface area (Å²) in [5.74, 6) is 0. The minimum atomic E-state index is 0.416. The van der Waals surface area contributed by atoms with Crippen LogP contribution in [0.3, 0.4) is 0 Å². The largest absolute Gasteiger partial charge is 0.356 e. The van der Waals surface area contributed by atoms with E-state index in [0.29, 0.717) is 6.04 Å². The van der Waals surface area contributed by atoms with E-state index in [1.807, 2.05) is 0 Å². The molecule has 1 N–H and O–H groups in total. The minimum Gasteiger partial charge on any atom is -0.356 e. The van der Waals surface area contributed by atoms with Crippen LogP contribution < -0.4 is 5.32 Å². The van der Waals surface area contributed by atoms with Crippen molar-refractivity contribution in [3.63, 3.8) is 0 Å². The molecule has 0 spiro atoms. The molecule has 2 nitrogen and oxygen atoms in total. The van der Waals surface area contributed by atoms with Crippen molar-refractivity contribution in [3.05, 3.63) is 0 Å². The second kappa shape index (κ2) is 9.56. The molecule has 0 radical (unpaired) electrons. The molecule has 13 heavy (non-hydrogen) atoms. The number of carbonyl (C=O) groups excluding carboxylic acids is 1. The molecule has 1 atom stereocenters. The first kappa shape index (κ1) is 12.5. The van der Waals surface area contributed by atoms with Crippen molar-refractivity contribution in [3.8, 4) is 0 Å². The third-order valence-corrected chi connectivity index (χ3v) is 2.35. The Morgan fingerprint density at radius 2 is 1.85 bits per heavy atom. The maximum absolute atomic E-state index is 10.3. The Labute approximate surface area is 82.1 Å². The van der Waals surface area contributed by atoms with Gasteiger partial charge in [0.15, 0.2) is 0 Å². The molecule has 0 saturated heterocycles. The van der Waals surface area contributed by atoms with Crippen molar-refractivity contribution in [1.29, 1.82) is 0 Å². The van der Waals surface area contributed by atoms with E-state index >= 15 is 0 Å². The summed E-state index contributed by atoms with van der Waals surface area (Å²) in [6.07, 6.45) is 9.40. The fraction of sp³-hybridized carbons (Fsp3) is 0.909. The Balaban J connectivity index is 3.38. The van der Waals surface area contributed by atoms with Gasteiger partial charge in [-0.15, -0.1) is 0 Å². The Kier molecular flexibility index (Phi) is 9.17. The Bertz CT molecular complexity index is 115. The lowest BCUT2D eigenvalue weighted by molar-refractivity contribution is -0.110. The van der Waals surface area contributed by atoms with Gasteiger partial charge in [-0.3, -0.25) is 4.79 Å². The van der Waals surface area contributed by atoms with Crippen LogP contribution in [0.4, 0.5) is 0 Å². The van der Waals surface area contributed by atoms with Gasteiger partial charge in [-0.05, 0) is 12.8 Å². The molecule has 0 aromatic carbocycles. The van der Waals surface area contributed by atoms with E-state index in [1.165, 1.54) is 25.7 Å². The van der Waals surface area contributed by atoms with Crippen molar-refractivity contribution in [1.82, 2.24) is 5.32 Å². The van der Waals surface area contributed by atoms with E-state index in [0.717, 1.165) is 25.7 Å². The molecule has 78 valence electrons. The highest BCUT2D eigenvalue weighted by Gasteiger charge is 2.04. The molecule has 1 amide bonds. The second-order valence-corrected chi connectivity index (χ2v) is 3.62. The van der Waals surface area contributed by atoms with Crippen molar-refractivity contribution in [2.75, 3.05) is 0 Å². The van der Waals surface area contributed by atoms with E-state index < -0.39 is 0 Å². The van der Waals surface area contributed by atoms with Crippen molar-refractivity contribution < 1.29 is 4.79 Å². The molecular formula is C11H23NO. The van der Waals surface area contributed by atoms with Gasteiger partial charge in [-0.25, -0.2) is 0 Å². The lowest BCUT2D eigenvalue weighted by atomic mass is 10.0. The zero-order valence-electron chi connectivity index (χ0n) is 9.01. The lowest BCUT2D eigenvalue weighted by Gasteiger charge is -2.14. The van der Waals surface area contributed by atoms with Crippen LogP contribution in [0.15, 0.2) is 0 Å². The number of unbranched alkanes of at least 4 members (excludes halogenated alkanes) is 3. The van der Waals surface area contributed by atoms with Crippen molar-refractivity contribution >= 4 is 6.41 Å². The molecule has 0 aromatic rings. The van der Waals surface area contributed by atoms with Gasteiger partial charge in [0.25, 0.3) is 0 Å². The van der Waals surface area contributed by atoms with Gasteiger partial charge in [0.05, 0.1) is 0 Å². The summed E-state index contributed by atoms with van der Waals surface area (Å²) in [6, 6.07) is 0.416. The maximum Gasteiger partial charge on any atom is 0.207 e. The quantitative estimate of drug-likeness (QED) is 0.434. The molecule has 0 saturated carbocycles. The number of rotatable bonds is 9. The van der Waals surface area contributed by atoms with E-state index in [-0.39, 0.29) is 0 Å². The fourth-order valence-corrected chi connectivity index (χ4v) is 1.57. The van der Waals surface area contributed by atoms with Crippen LogP contribution in [0, 0.1) is 0 Å². The molecule has 0 aromatic heterocycles. The second-order valence-electron chi connectivity index (χ2n) is 3.62. The highest BCUT2D eigenvalue weighted by Crippen LogP contribution is 2.08. The van der Waals surface area contributed by atoms with Crippen LogP contribution in [-0.2, 0) is 4.79 Å². The van der Waals surface area contributed by atoms with Crippen LogP contribution in [0.5, 0.6) is 0 Å². The summed E-state index contributed by atoms with van der Waals surface area (Å²) in [5, 5.41) is 2.88. The van der Waals surface area contributed by atoms with E-state index in [9.17, 15) is 4.79 Å². The predicted octanol–water partition coefficient (Wildman–Crippen LogP) is 2.87. The van der Waals surface area contributed by atoms with Gasteiger partial charge in [0, 0.05) is 6.04 Å². The van der Waals surface area contributed by atoms with E-state index in [4.69, 9.17) is 0 Å². The number of hydrogen-bond donors (Lipinski definition) is 1. The summed E-state index contributed by atoms with van der Waals surface area (Å²) < 4.78 is 0. The molecule has 0 fully saturated rings. The Hall–Kier alpha value is -0.530. The third-order valence-electron chi connectivity index (χ3n) is 2.35. The number of amides is 1. The van der Waals surface area contributed by atoms with Gasteiger partial charge in [-0.2, -0.15) is 0 Å². The SMILES string of the molecule is CCCCCCC(CCC)NC=O. The fourth-order valence-electron chi connectivity index (χ4n) is 1.57. The predicted molar refractivity (Wildman–Crippen MR) is 56.7 cm³/mol. The smallest absolute Gasteiger partial charge is 0.207 e. The molecule has 0 heterocycles. The van der Waals surface area contributed by atoms with Crippen LogP contribution in [0.25, 0.3) is 0 Å². The molecule has 2 heteroatoms. The van der Waals surface area contributed by atoms with E-state index in [1.54, 1.807) is 0 Å². The third kappa shape index (κ3) is 7.82. The van der Waals surface area contributed by atoms with Crippen LogP contribution >= 0.6 is 0 Å². The van der Waals surface area contributed by atoms with Gasteiger partial charge in [-0.1, -0.05) is 46.0 Å². The van der Waals surface area contributed by atoms with Gasteiger partial charge < -0.3 is 5.32 Å². The monoisotopic (exact) mass is 185 g/mol. The zero-order chi connectivity index (χ0) is 9.94. The Morgan fingerprint density at radius 3 is 2.38 bits per heavy atom. The standard InChI is InChI=1S/C11H23NO/c1-3-5-6-7-9-11(8-4-2)12-10-13/h10-11H,3-9H2,1-2H3,(H,12,13). The highest BCUT2D eigenvalue weighted by molar-refractivity contribution is 5.46. The first-order chi connectivity index (χ1) is 6.35. The lowest BCUT2D eigenvalue weighted by Crippen LogP contribution is -2.27. The Morgan fingerprint density at radius 1 is 1.08 bits per heavy atom. The molecule has 0 rings (SSSR count). The molecule has 0 aliphatic heterocycles. The average Bonchev–Trinajstić information content (AvgIpc) is 2.13. The van der Waals surface area contributed by atoms with Crippen molar-refractivity contribution in [2.45, 2.75) is 64.8 Å². The summed E-state index contributed by atoms with van der Waals surface area (Å²) >= 11 is 0. The number of hydrogen-bond acceptors (Lipinski definition) is 1. The van der Waals surface area contributed by atoms with Gasteiger partial charge in [0.2, 0.25) is 6.41 Å². The molecule has 0 aliphatic rings. The summed E-state index contributed by atoms with van der Waals surface area (Å²) in [7, 11) is 0. The average molecular weight is 185 g/mol.